The second-order valence-corrected chi connectivity index (χ2v) is 8.51. The molecule has 4 bridgehead atoms. The van der Waals surface area contributed by atoms with Crippen molar-refractivity contribution < 1.29 is 4.79 Å². The highest BCUT2D eigenvalue weighted by molar-refractivity contribution is 5.85. The third-order valence-electron chi connectivity index (χ3n) is 6.03. The first-order valence-electron chi connectivity index (χ1n) is 8.03. The molecule has 4 aliphatic carbocycles. The molecule has 1 heteroatoms. The molecule has 4 fully saturated rings. The van der Waals surface area contributed by atoms with E-state index in [-0.39, 0.29) is 5.41 Å². The predicted octanol–water partition coefficient (Wildman–Crippen LogP) is 4.91. The Morgan fingerprint density at radius 1 is 1.16 bits per heavy atom. The molecule has 0 aromatic rings. The van der Waals surface area contributed by atoms with Crippen molar-refractivity contribution in [3.63, 3.8) is 0 Å². The summed E-state index contributed by atoms with van der Waals surface area (Å²) in [5, 5.41) is 0. The topological polar surface area (TPSA) is 17.1 Å². The Hall–Kier alpha value is -0.590. The molecule has 0 aliphatic heterocycles. The van der Waals surface area contributed by atoms with E-state index in [1.165, 1.54) is 38.5 Å². The fraction of sp³-hybridized carbons (Fsp3) is 0.833. The number of carbonyl (C=O) groups excluding carboxylic acids is 1. The Kier molecular flexibility index (Phi) is 2.96. The number of carbonyl (C=O) groups is 1. The number of hydrogen-bond donors (Lipinski definition) is 0. The van der Waals surface area contributed by atoms with Gasteiger partial charge in [0.2, 0.25) is 0 Å². The number of Topliss-reactive ketones (excluding diaryl/α,β-unsaturated/α-hetero) is 1. The summed E-state index contributed by atoms with van der Waals surface area (Å²) in [5.41, 5.74) is 0.981. The van der Waals surface area contributed by atoms with Gasteiger partial charge in [-0.1, -0.05) is 19.9 Å². The first-order chi connectivity index (χ1) is 8.89. The molecule has 0 aromatic carbocycles. The molecule has 0 amide bonds. The Balaban J connectivity index is 1.80. The zero-order valence-electron chi connectivity index (χ0n) is 12.6. The molecule has 4 rings (SSSR count). The van der Waals surface area contributed by atoms with Crippen LogP contribution in [0.1, 0.15) is 71.6 Å². The molecular formula is C18H28O. The molecule has 0 N–H and O–H groups in total. The molecule has 4 saturated carbocycles. The van der Waals surface area contributed by atoms with Crippen molar-refractivity contribution in [2.45, 2.75) is 71.6 Å². The van der Waals surface area contributed by atoms with E-state index >= 15 is 0 Å². The largest absolute Gasteiger partial charge is 0.299 e. The fourth-order valence-electron chi connectivity index (χ4n) is 6.43. The molecule has 19 heavy (non-hydrogen) atoms. The first kappa shape index (κ1) is 13.4. The molecule has 2 atom stereocenters. The number of unbranched alkanes of at least 4 members (excludes halogenated alkanes) is 1. The Morgan fingerprint density at radius 3 is 2.32 bits per heavy atom. The monoisotopic (exact) mass is 260 g/mol. The van der Waals surface area contributed by atoms with Crippen molar-refractivity contribution in [1.82, 2.24) is 0 Å². The second-order valence-electron chi connectivity index (χ2n) is 8.51. The van der Waals surface area contributed by atoms with Crippen molar-refractivity contribution in [2.24, 2.45) is 22.2 Å². The maximum absolute atomic E-state index is 12.8. The van der Waals surface area contributed by atoms with E-state index in [2.05, 4.69) is 20.4 Å². The normalized spacial score (nSPS) is 47.4. The lowest BCUT2D eigenvalue weighted by Crippen LogP contribution is -2.57. The summed E-state index contributed by atoms with van der Waals surface area (Å²) in [6.45, 7) is 8.65. The summed E-state index contributed by atoms with van der Waals surface area (Å²) >= 11 is 0. The van der Waals surface area contributed by atoms with Crippen molar-refractivity contribution in [3.05, 3.63) is 12.7 Å². The number of hydrogen-bond acceptors (Lipinski definition) is 1. The van der Waals surface area contributed by atoms with E-state index in [1.54, 1.807) is 0 Å². The van der Waals surface area contributed by atoms with Crippen LogP contribution in [0.15, 0.2) is 12.7 Å². The smallest absolute Gasteiger partial charge is 0.139 e. The molecule has 0 spiro atoms. The average molecular weight is 260 g/mol. The van der Waals surface area contributed by atoms with Crippen LogP contribution in [0.25, 0.3) is 0 Å². The lowest BCUT2D eigenvalue weighted by atomic mass is 9.39. The van der Waals surface area contributed by atoms with Crippen molar-refractivity contribution in [1.29, 1.82) is 0 Å². The van der Waals surface area contributed by atoms with Crippen LogP contribution in [0.3, 0.4) is 0 Å². The van der Waals surface area contributed by atoms with Gasteiger partial charge in [-0.2, -0.15) is 0 Å². The Bertz CT molecular complexity index is 390. The number of rotatable bonds is 5. The quantitative estimate of drug-likeness (QED) is 0.507. The van der Waals surface area contributed by atoms with Crippen LogP contribution in [-0.4, -0.2) is 5.78 Å². The summed E-state index contributed by atoms with van der Waals surface area (Å²) in [5.74, 6) is 1.41. The van der Waals surface area contributed by atoms with E-state index in [0.717, 1.165) is 25.2 Å². The standard InChI is InChI=1S/C18H28O/c1-4-5-6-7-15(19)18-10-14-8-16(2,12-18)11-17(3,9-14)13-18/h4,14H,1,5-13H2,2-3H3. The summed E-state index contributed by atoms with van der Waals surface area (Å²) in [6, 6.07) is 0. The average Bonchev–Trinajstić information content (AvgIpc) is 2.24. The number of ketones is 1. The van der Waals surface area contributed by atoms with Gasteiger partial charge in [0.1, 0.15) is 5.78 Å². The SMILES string of the molecule is C=CCCCC(=O)C12CC3CC(C)(CC(C)(C3)C1)C2. The zero-order chi connectivity index (χ0) is 13.7. The molecule has 0 radical (unpaired) electrons. The Labute approximate surface area is 117 Å². The van der Waals surface area contributed by atoms with Crippen LogP contribution in [0, 0.1) is 22.2 Å². The first-order valence-corrected chi connectivity index (χ1v) is 8.03. The van der Waals surface area contributed by atoms with Gasteiger partial charge < -0.3 is 0 Å². The van der Waals surface area contributed by atoms with Gasteiger partial charge in [-0.25, -0.2) is 0 Å². The lowest BCUT2D eigenvalue weighted by Gasteiger charge is -2.64. The maximum atomic E-state index is 12.8. The molecule has 0 saturated heterocycles. The summed E-state index contributed by atoms with van der Waals surface area (Å²) in [7, 11) is 0. The van der Waals surface area contributed by atoms with Crippen LogP contribution < -0.4 is 0 Å². The van der Waals surface area contributed by atoms with E-state index < -0.39 is 0 Å². The van der Waals surface area contributed by atoms with E-state index in [4.69, 9.17) is 0 Å². The molecule has 0 heterocycles. The zero-order valence-corrected chi connectivity index (χ0v) is 12.6. The van der Waals surface area contributed by atoms with E-state index in [0.29, 0.717) is 16.6 Å². The van der Waals surface area contributed by atoms with Gasteiger partial charge in [0, 0.05) is 11.8 Å². The van der Waals surface area contributed by atoms with Gasteiger partial charge >= 0.3 is 0 Å². The van der Waals surface area contributed by atoms with Gasteiger partial charge in [-0.05, 0) is 68.1 Å². The summed E-state index contributed by atoms with van der Waals surface area (Å²) in [6.07, 6.45) is 12.4. The van der Waals surface area contributed by atoms with Crippen LogP contribution in [0.4, 0.5) is 0 Å². The Morgan fingerprint density at radius 2 is 1.79 bits per heavy atom. The van der Waals surface area contributed by atoms with Crippen LogP contribution in [0.5, 0.6) is 0 Å². The third-order valence-corrected chi connectivity index (χ3v) is 6.03. The van der Waals surface area contributed by atoms with Gasteiger partial charge in [-0.15, -0.1) is 6.58 Å². The predicted molar refractivity (Wildman–Crippen MR) is 78.9 cm³/mol. The highest BCUT2D eigenvalue weighted by atomic mass is 16.1. The van der Waals surface area contributed by atoms with Crippen molar-refractivity contribution in [3.8, 4) is 0 Å². The molecular weight excluding hydrogens is 232 g/mol. The van der Waals surface area contributed by atoms with Crippen LogP contribution >= 0.6 is 0 Å². The van der Waals surface area contributed by atoms with Gasteiger partial charge in [0.05, 0.1) is 0 Å². The van der Waals surface area contributed by atoms with Gasteiger partial charge in [0.15, 0.2) is 0 Å². The third kappa shape index (κ3) is 2.19. The number of allylic oxidation sites excluding steroid dienone is 1. The molecule has 106 valence electrons. The minimum absolute atomic E-state index is 0.0596. The molecule has 4 aliphatic rings. The molecule has 2 unspecified atom stereocenters. The van der Waals surface area contributed by atoms with Gasteiger partial charge in [0.25, 0.3) is 0 Å². The highest BCUT2D eigenvalue weighted by Gasteiger charge is 2.62. The molecule has 0 aromatic heterocycles. The maximum Gasteiger partial charge on any atom is 0.139 e. The summed E-state index contributed by atoms with van der Waals surface area (Å²) < 4.78 is 0. The van der Waals surface area contributed by atoms with Crippen LogP contribution in [0.2, 0.25) is 0 Å². The highest BCUT2D eigenvalue weighted by Crippen LogP contribution is 2.69. The minimum Gasteiger partial charge on any atom is -0.299 e. The van der Waals surface area contributed by atoms with Crippen molar-refractivity contribution in [2.75, 3.05) is 0 Å². The van der Waals surface area contributed by atoms with Crippen molar-refractivity contribution >= 4 is 5.78 Å². The van der Waals surface area contributed by atoms with Gasteiger partial charge in [-0.3, -0.25) is 4.79 Å². The van der Waals surface area contributed by atoms with E-state index in [9.17, 15) is 4.79 Å². The summed E-state index contributed by atoms with van der Waals surface area (Å²) in [4.78, 5) is 12.8. The minimum atomic E-state index is 0.0596. The lowest BCUT2D eigenvalue weighted by molar-refractivity contribution is -0.168. The van der Waals surface area contributed by atoms with Crippen LogP contribution in [-0.2, 0) is 4.79 Å². The fourth-order valence-corrected chi connectivity index (χ4v) is 6.43. The molecule has 1 nitrogen and oxygen atoms in total. The van der Waals surface area contributed by atoms with E-state index in [1.807, 2.05) is 6.08 Å². The second kappa shape index (κ2) is 4.20.